The highest BCUT2D eigenvalue weighted by molar-refractivity contribution is 7.86. The molecule has 2 heterocycles. The Bertz CT molecular complexity index is 1160. The second-order valence-corrected chi connectivity index (χ2v) is 12.4. The van der Waals surface area contributed by atoms with Gasteiger partial charge in [0.15, 0.2) is 0 Å². The zero-order valence-corrected chi connectivity index (χ0v) is 21.9. The fourth-order valence-electron chi connectivity index (χ4n) is 4.22. The molecule has 1 amide bonds. The number of carboxylic acid groups (broad SMARTS) is 1. The maximum Gasteiger partial charge on any atom is 0.407 e. The highest BCUT2D eigenvalue weighted by atomic mass is 32.2. The lowest BCUT2D eigenvalue weighted by Crippen LogP contribution is -2.51. The van der Waals surface area contributed by atoms with E-state index < -0.39 is 26.3 Å². The summed E-state index contributed by atoms with van der Waals surface area (Å²) in [6.07, 6.45) is -0.00344. The fraction of sp³-hybridized carbons (Fsp3) is 0.458. The summed E-state index contributed by atoms with van der Waals surface area (Å²) in [6, 6.07) is 20.8. The Morgan fingerprint density at radius 1 is 0.917 bits per heavy atom. The first-order valence-corrected chi connectivity index (χ1v) is 14.8. The van der Waals surface area contributed by atoms with Gasteiger partial charge in [0.2, 0.25) is 0 Å². The first-order valence-electron chi connectivity index (χ1n) is 11.4. The molecule has 2 aliphatic heterocycles. The van der Waals surface area contributed by atoms with Crippen LogP contribution in [0.15, 0.2) is 60.7 Å². The zero-order valence-electron chi connectivity index (χ0n) is 20.3. The predicted octanol–water partition coefficient (Wildman–Crippen LogP) is 2.26. The van der Waals surface area contributed by atoms with Crippen molar-refractivity contribution in [3.05, 3.63) is 71.8 Å². The molecule has 2 fully saturated rings. The van der Waals surface area contributed by atoms with Crippen LogP contribution in [0.2, 0.25) is 0 Å². The Balaban J connectivity index is 0.000000236. The smallest absolute Gasteiger partial charge is 0.407 e. The highest BCUT2D eigenvalue weighted by Crippen LogP contribution is 2.34. The molecule has 2 aromatic carbocycles. The molecule has 0 spiro atoms. The van der Waals surface area contributed by atoms with Crippen LogP contribution in [0.4, 0.5) is 4.79 Å². The van der Waals surface area contributed by atoms with Crippen molar-refractivity contribution in [1.29, 1.82) is 0 Å². The molecule has 2 aromatic rings. The van der Waals surface area contributed by atoms with Crippen LogP contribution in [0.1, 0.15) is 17.2 Å². The molecule has 2 aliphatic rings. The molecule has 0 bridgehead atoms. The number of benzene rings is 2. The molecule has 0 atom stereocenters. The Morgan fingerprint density at radius 2 is 1.42 bits per heavy atom. The van der Waals surface area contributed by atoms with Gasteiger partial charge in [0, 0.05) is 38.0 Å². The molecule has 4 rings (SSSR count). The van der Waals surface area contributed by atoms with E-state index >= 15 is 0 Å². The second kappa shape index (κ2) is 12.2. The van der Waals surface area contributed by atoms with E-state index in [9.17, 15) is 21.6 Å². The Labute approximate surface area is 212 Å². The van der Waals surface area contributed by atoms with Crippen molar-refractivity contribution in [2.24, 2.45) is 11.8 Å². The molecule has 0 aliphatic carbocycles. The van der Waals surface area contributed by atoms with Gasteiger partial charge in [-0.3, -0.25) is 13.3 Å². The average molecular weight is 541 g/mol. The third-order valence-corrected chi connectivity index (χ3v) is 7.97. The van der Waals surface area contributed by atoms with E-state index in [1.807, 2.05) is 36.4 Å². The van der Waals surface area contributed by atoms with E-state index in [1.165, 1.54) is 23.1 Å². The third-order valence-electron chi connectivity index (χ3n) is 6.02. The summed E-state index contributed by atoms with van der Waals surface area (Å²) in [4.78, 5) is 13.8. The molecule has 1 N–H and O–H groups in total. The first kappa shape index (κ1) is 28.1. The van der Waals surface area contributed by atoms with Crippen molar-refractivity contribution in [1.82, 2.24) is 9.80 Å². The maximum absolute atomic E-state index is 11.6. The quantitative estimate of drug-likeness (QED) is 0.476. The van der Waals surface area contributed by atoms with E-state index in [4.69, 9.17) is 5.11 Å². The van der Waals surface area contributed by atoms with Crippen molar-refractivity contribution in [2.75, 3.05) is 51.9 Å². The molecule has 36 heavy (non-hydrogen) atoms. The van der Waals surface area contributed by atoms with Crippen LogP contribution in [-0.4, -0.2) is 89.7 Å². The van der Waals surface area contributed by atoms with Gasteiger partial charge in [0.25, 0.3) is 20.2 Å². The average Bonchev–Trinajstić information content (AvgIpc) is 2.77. The van der Waals surface area contributed by atoms with Crippen LogP contribution in [0.3, 0.4) is 0 Å². The van der Waals surface area contributed by atoms with E-state index in [0.29, 0.717) is 13.1 Å². The number of hydrogen-bond donors (Lipinski definition) is 1. The SMILES string of the molecule is COS(=O)(=O)CC1CN(C(c2ccccc2)c2ccccc2)C1.CS(=O)(=O)OCC1CN(C(=O)O)C1. The van der Waals surface area contributed by atoms with Gasteiger partial charge in [0.05, 0.1) is 31.8 Å². The first-order chi connectivity index (χ1) is 17.0. The number of rotatable bonds is 9. The van der Waals surface area contributed by atoms with E-state index in [0.717, 1.165) is 19.3 Å². The lowest BCUT2D eigenvalue weighted by Gasteiger charge is -2.44. The minimum atomic E-state index is -3.40. The lowest BCUT2D eigenvalue weighted by molar-refractivity contribution is 0.0603. The summed E-state index contributed by atoms with van der Waals surface area (Å²) in [7, 11) is -5.56. The molecule has 0 aromatic heterocycles. The number of hydrogen-bond acceptors (Lipinski definition) is 8. The lowest BCUT2D eigenvalue weighted by atomic mass is 9.91. The third kappa shape index (κ3) is 8.27. The van der Waals surface area contributed by atoms with E-state index in [-0.39, 0.29) is 30.2 Å². The van der Waals surface area contributed by atoms with Gasteiger partial charge in [0.1, 0.15) is 0 Å². The number of amides is 1. The fourth-order valence-corrected chi connectivity index (χ4v) is 5.58. The molecule has 0 unspecified atom stereocenters. The minimum Gasteiger partial charge on any atom is -0.465 e. The van der Waals surface area contributed by atoms with Crippen LogP contribution in [0, 0.1) is 11.8 Å². The summed E-state index contributed by atoms with van der Waals surface area (Å²) < 4.78 is 53.3. The maximum atomic E-state index is 11.6. The summed E-state index contributed by atoms with van der Waals surface area (Å²) >= 11 is 0. The number of nitrogens with zero attached hydrogens (tertiary/aromatic N) is 2. The van der Waals surface area contributed by atoms with Crippen LogP contribution in [-0.2, 0) is 28.6 Å². The summed E-state index contributed by atoms with van der Waals surface area (Å²) in [5.74, 6) is 0.233. The summed E-state index contributed by atoms with van der Waals surface area (Å²) in [5.41, 5.74) is 2.46. The summed E-state index contributed by atoms with van der Waals surface area (Å²) in [6.45, 7) is 2.30. The Kier molecular flexibility index (Phi) is 9.47. The Morgan fingerprint density at radius 3 is 1.83 bits per heavy atom. The molecule has 10 nitrogen and oxygen atoms in total. The number of carbonyl (C=O) groups is 1. The van der Waals surface area contributed by atoms with Gasteiger partial charge in [-0.05, 0) is 11.1 Å². The van der Waals surface area contributed by atoms with Crippen LogP contribution < -0.4 is 0 Å². The van der Waals surface area contributed by atoms with Gasteiger partial charge >= 0.3 is 6.09 Å². The van der Waals surface area contributed by atoms with Crippen LogP contribution in [0.25, 0.3) is 0 Å². The molecule has 12 heteroatoms. The van der Waals surface area contributed by atoms with E-state index in [1.54, 1.807) is 0 Å². The van der Waals surface area contributed by atoms with Crippen molar-refractivity contribution in [3.63, 3.8) is 0 Å². The molecular formula is C24H32N2O8S2. The molecule has 0 saturated carbocycles. The highest BCUT2D eigenvalue weighted by Gasteiger charge is 2.36. The molecular weight excluding hydrogens is 508 g/mol. The van der Waals surface area contributed by atoms with Gasteiger partial charge in [-0.15, -0.1) is 0 Å². The topological polar surface area (TPSA) is 131 Å². The van der Waals surface area contributed by atoms with Gasteiger partial charge in [-0.2, -0.15) is 16.8 Å². The predicted molar refractivity (Wildman–Crippen MR) is 134 cm³/mol. The van der Waals surface area contributed by atoms with Crippen molar-refractivity contribution in [3.8, 4) is 0 Å². The van der Waals surface area contributed by atoms with Crippen LogP contribution in [0.5, 0.6) is 0 Å². The zero-order chi connectivity index (χ0) is 26.3. The van der Waals surface area contributed by atoms with Crippen molar-refractivity contribution >= 4 is 26.3 Å². The summed E-state index contributed by atoms with van der Waals surface area (Å²) in [5, 5.41) is 8.45. The molecule has 2 saturated heterocycles. The molecule has 198 valence electrons. The van der Waals surface area contributed by atoms with E-state index in [2.05, 4.69) is 37.5 Å². The van der Waals surface area contributed by atoms with Gasteiger partial charge < -0.3 is 10.0 Å². The largest absolute Gasteiger partial charge is 0.465 e. The molecule has 0 radical (unpaired) electrons. The van der Waals surface area contributed by atoms with Crippen LogP contribution >= 0.6 is 0 Å². The van der Waals surface area contributed by atoms with Gasteiger partial charge in [-0.1, -0.05) is 60.7 Å². The Hall–Kier alpha value is -2.51. The minimum absolute atomic E-state index is 0.00539. The van der Waals surface area contributed by atoms with Gasteiger partial charge in [-0.25, -0.2) is 4.79 Å². The monoisotopic (exact) mass is 540 g/mol. The van der Waals surface area contributed by atoms with Crippen molar-refractivity contribution in [2.45, 2.75) is 6.04 Å². The second-order valence-electron chi connectivity index (χ2n) is 8.98. The van der Waals surface area contributed by atoms with Crippen molar-refractivity contribution < 1.29 is 35.1 Å². The number of likely N-dealkylation sites (tertiary alicyclic amines) is 2. The normalized spacial score (nSPS) is 17.1. The standard InChI is InChI=1S/C18H21NO3S.C6H11NO5S/c1-22-23(20,21)14-15-12-19(13-15)18(16-8-4-2-5-9-16)17-10-6-3-7-11-17;1-13(10,11)12-4-5-2-7(3-5)6(8)9/h2-11,15,18H,12-14H2,1H3;5H,2-4H2,1H3,(H,8,9).